The first-order chi connectivity index (χ1) is 10.2. The summed E-state index contributed by atoms with van der Waals surface area (Å²) in [7, 11) is 1.70. The van der Waals surface area contributed by atoms with Crippen LogP contribution in [0.25, 0.3) is 11.0 Å². The summed E-state index contributed by atoms with van der Waals surface area (Å²) in [6, 6.07) is 3.07. The Kier molecular flexibility index (Phi) is 3.46. The molecule has 0 atom stereocenters. The monoisotopic (exact) mass is 292 g/mol. The van der Waals surface area contributed by atoms with Crippen LogP contribution < -0.4 is 5.32 Å². The maximum atomic E-state index is 10.9. The first-order valence-electron chi connectivity index (χ1n) is 6.78. The van der Waals surface area contributed by atoms with Crippen LogP contribution in [0.5, 0.6) is 0 Å². The molecule has 1 aliphatic rings. The van der Waals surface area contributed by atoms with Crippen molar-refractivity contribution in [2.24, 2.45) is 5.41 Å². The van der Waals surface area contributed by atoms with Crippen LogP contribution in [0.2, 0.25) is 0 Å². The van der Waals surface area contributed by atoms with E-state index in [0.717, 1.165) is 32.4 Å². The number of hydrogen-bond donors (Lipinski definition) is 1. The van der Waals surface area contributed by atoms with Gasteiger partial charge in [0.05, 0.1) is 10.6 Å². The van der Waals surface area contributed by atoms with Gasteiger partial charge in [-0.15, -0.1) is 0 Å². The van der Waals surface area contributed by atoms with Crippen molar-refractivity contribution in [3.63, 3.8) is 0 Å². The highest BCUT2D eigenvalue weighted by atomic mass is 16.6. The fraction of sp³-hybridized carbons (Fsp3) is 0.538. The maximum absolute atomic E-state index is 10.9. The lowest BCUT2D eigenvalue weighted by molar-refractivity contribution is -0.383. The number of nitrogens with zero attached hydrogens (tertiary/aromatic N) is 3. The number of non-ortho nitro benzene ring substituents is 1. The molecule has 0 radical (unpaired) electrons. The average molecular weight is 292 g/mol. The molecule has 1 aromatic heterocycles. The van der Waals surface area contributed by atoms with E-state index < -0.39 is 4.92 Å². The molecule has 1 aromatic carbocycles. The van der Waals surface area contributed by atoms with Gasteiger partial charge >= 0.3 is 5.69 Å². The molecule has 1 N–H and O–H groups in total. The molecule has 1 fully saturated rings. The predicted octanol–water partition coefficient (Wildman–Crippen LogP) is 2.36. The van der Waals surface area contributed by atoms with E-state index in [1.165, 1.54) is 6.07 Å². The molecule has 0 unspecified atom stereocenters. The molecule has 2 aromatic rings. The van der Waals surface area contributed by atoms with E-state index >= 15 is 0 Å². The Hall–Kier alpha value is -2.22. The van der Waals surface area contributed by atoms with Gasteiger partial charge in [-0.2, -0.15) is 0 Å². The summed E-state index contributed by atoms with van der Waals surface area (Å²) >= 11 is 0. The topological polar surface area (TPSA) is 103 Å². The van der Waals surface area contributed by atoms with Crippen LogP contribution in [0, 0.1) is 15.5 Å². The van der Waals surface area contributed by atoms with E-state index in [1.54, 1.807) is 13.2 Å². The molecule has 21 heavy (non-hydrogen) atoms. The molecule has 0 spiro atoms. The van der Waals surface area contributed by atoms with Gasteiger partial charge in [0.15, 0.2) is 5.52 Å². The minimum atomic E-state index is -0.489. The SMILES string of the molecule is COCCC1(CNc2ccc([N+](=O)[O-])c3nonc23)CC1. The van der Waals surface area contributed by atoms with Crippen molar-refractivity contribution in [3.8, 4) is 0 Å². The van der Waals surface area contributed by atoms with Gasteiger partial charge in [-0.05, 0) is 41.1 Å². The number of ether oxygens (including phenoxy) is 1. The van der Waals surface area contributed by atoms with Crippen LogP contribution in [-0.2, 0) is 4.74 Å². The Morgan fingerprint density at radius 3 is 2.86 bits per heavy atom. The average Bonchev–Trinajstić information content (AvgIpc) is 3.07. The molecular weight excluding hydrogens is 276 g/mol. The molecular formula is C13H16N4O4. The van der Waals surface area contributed by atoms with Gasteiger partial charge < -0.3 is 10.1 Å². The van der Waals surface area contributed by atoms with Crippen molar-refractivity contribution in [1.82, 2.24) is 10.3 Å². The van der Waals surface area contributed by atoms with Gasteiger partial charge in [-0.25, -0.2) is 4.63 Å². The number of nitro groups is 1. The number of aromatic nitrogens is 2. The zero-order chi connectivity index (χ0) is 14.9. The van der Waals surface area contributed by atoms with Crippen LogP contribution in [0.4, 0.5) is 11.4 Å². The molecule has 0 aliphatic heterocycles. The Morgan fingerprint density at radius 2 is 2.19 bits per heavy atom. The highest BCUT2D eigenvalue weighted by Gasteiger charge is 2.41. The van der Waals surface area contributed by atoms with Crippen LogP contribution >= 0.6 is 0 Å². The number of methoxy groups -OCH3 is 1. The van der Waals surface area contributed by atoms with Crippen molar-refractivity contribution < 1.29 is 14.3 Å². The zero-order valence-electron chi connectivity index (χ0n) is 11.7. The van der Waals surface area contributed by atoms with Crippen molar-refractivity contribution >= 4 is 22.4 Å². The fourth-order valence-corrected chi connectivity index (χ4v) is 2.44. The van der Waals surface area contributed by atoms with Crippen molar-refractivity contribution in [2.75, 3.05) is 25.6 Å². The normalized spacial score (nSPS) is 16.0. The number of nitro benzene ring substituents is 1. The van der Waals surface area contributed by atoms with Crippen molar-refractivity contribution in [1.29, 1.82) is 0 Å². The van der Waals surface area contributed by atoms with E-state index in [0.29, 0.717) is 11.2 Å². The summed E-state index contributed by atoms with van der Waals surface area (Å²) in [5, 5.41) is 21.6. The van der Waals surface area contributed by atoms with E-state index in [9.17, 15) is 10.1 Å². The third-order valence-corrected chi connectivity index (χ3v) is 4.04. The zero-order valence-corrected chi connectivity index (χ0v) is 11.7. The smallest absolute Gasteiger partial charge is 0.300 e. The standard InChI is InChI=1S/C13H16N4O4/c1-20-7-6-13(4-5-13)8-14-9-2-3-10(17(18)19)12-11(9)15-21-16-12/h2-3,14H,4-8H2,1H3. The minimum Gasteiger partial charge on any atom is -0.385 e. The second-order valence-corrected chi connectivity index (χ2v) is 5.45. The number of anilines is 1. The largest absolute Gasteiger partial charge is 0.385 e. The molecule has 0 saturated heterocycles. The Bertz CT molecular complexity index is 665. The number of nitrogens with one attached hydrogen (secondary N) is 1. The number of rotatable bonds is 7. The summed E-state index contributed by atoms with van der Waals surface area (Å²) in [5.41, 5.74) is 1.44. The predicted molar refractivity (Wildman–Crippen MR) is 75.1 cm³/mol. The third-order valence-electron chi connectivity index (χ3n) is 4.04. The molecule has 0 bridgehead atoms. The van der Waals surface area contributed by atoms with Crippen molar-refractivity contribution in [2.45, 2.75) is 19.3 Å². The van der Waals surface area contributed by atoms with Gasteiger partial charge in [0.2, 0.25) is 5.52 Å². The first kappa shape index (κ1) is 13.7. The lowest BCUT2D eigenvalue weighted by Crippen LogP contribution is -2.17. The quantitative estimate of drug-likeness (QED) is 0.617. The van der Waals surface area contributed by atoms with E-state index in [2.05, 4.69) is 20.3 Å². The summed E-state index contributed by atoms with van der Waals surface area (Å²) < 4.78 is 9.77. The molecule has 1 heterocycles. The summed E-state index contributed by atoms with van der Waals surface area (Å²) in [5.74, 6) is 0. The van der Waals surface area contributed by atoms with Gasteiger partial charge in [0.1, 0.15) is 0 Å². The Morgan fingerprint density at radius 1 is 1.43 bits per heavy atom. The van der Waals surface area contributed by atoms with Crippen LogP contribution in [0.15, 0.2) is 16.8 Å². The van der Waals surface area contributed by atoms with Crippen molar-refractivity contribution in [3.05, 3.63) is 22.2 Å². The van der Waals surface area contributed by atoms with Crippen LogP contribution in [0.1, 0.15) is 19.3 Å². The highest BCUT2D eigenvalue weighted by molar-refractivity contribution is 5.93. The second-order valence-electron chi connectivity index (χ2n) is 5.45. The van der Waals surface area contributed by atoms with E-state index in [-0.39, 0.29) is 16.6 Å². The number of hydrogen-bond acceptors (Lipinski definition) is 7. The summed E-state index contributed by atoms with van der Waals surface area (Å²) in [6.07, 6.45) is 3.33. The number of benzene rings is 1. The lowest BCUT2D eigenvalue weighted by Gasteiger charge is -2.16. The Labute approximate surface area is 120 Å². The van der Waals surface area contributed by atoms with Gasteiger partial charge in [-0.3, -0.25) is 10.1 Å². The summed E-state index contributed by atoms with van der Waals surface area (Å²) in [6.45, 7) is 1.53. The lowest BCUT2D eigenvalue weighted by atomic mass is 10.0. The number of fused-ring (bicyclic) bond motifs is 1. The molecule has 1 saturated carbocycles. The molecule has 112 valence electrons. The molecule has 8 heteroatoms. The van der Waals surface area contributed by atoms with Gasteiger partial charge in [0.25, 0.3) is 0 Å². The molecule has 0 amide bonds. The molecule has 1 aliphatic carbocycles. The van der Waals surface area contributed by atoms with E-state index in [1.807, 2.05) is 0 Å². The minimum absolute atomic E-state index is 0.0997. The first-order valence-corrected chi connectivity index (χ1v) is 6.78. The third kappa shape index (κ3) is 2.66. The van der Waals surface area contributed by atoms with Crippen LogP contribution in [0.3, 0.4) is 0 Å². The fourth-order valence-electron chi connectivity index (χ4n) is 2.44. The highest BCUT2D eigenvalue weighted by Crippen LogP contribution is 2.48. The van der Waals surface area contributed by atoms with E-state index in [4.69, 9.17) is 4.74 Å². The molecule has 8 nitrogen and oxygen atoms in total. The Balaban J connectivity index is 1.78. The van der Waals surface area contributed by atoms with Gasteiger partial charge in [0, 0.05) is 26.3 Å². The maximum Gasteiger partial charge on any atom is 0.300 e. The van der Waals surface area contributed by atoms with Gasteiger partial charge in [-0.1, -0.05) is 0 Å². The van der Waals surface area contributed by atoms with Crippen LogP contribution in [-0.4, -0.2) is 35.5 Å². The second kappa shape index (κ2) is 5.28. The summed E-state index contributed by atoms with van der Waals surface area (Å²) in [4.78, 5) is 10.4. The molecule has 3 rings (SSSR count).